The number of hydrogen-bond donors (Lipinski definition) is 1. The summed E-state index contributed by atoms with van der Waals surface area (Å²) in [5, 5.41) is 9.17. The molecule has 0 rings (SSSR count). The Morgan fingerprint density at radius 3 is 2.42 bits per heavy atom. The summed E-state index contributed by atoms with van der Waals surface area (Å²) in [4.78, 5) is 0. The van der Waals surface area contributed by atoms with E-state index in [2.05, 4.69) is 26.8 Å². The standard InChI is InChI=1S/C11H22O/c1-5-6-7-9(2)10(3)8-11(4)12/h7,10-12H,5-6,8H2,1-4H3. The molecule has 0 aromatic heterocycles. The minimum Gasteiger partial charge on any atom is -0.393 e. The van der Waals surface area contributed by atoms with Crippen LogP contribution >= 0.6 is 0 Å². The van der Waals surface area contributed by atoms with Crippen LogP contribution in [0.4, 0.5) is 0 Å². The smallest absolute Gasteiger partial charge is 0.0517 e. The van der Waals surface area contributed by atoms with Gasteiger partial charge in [-0.1, -0.05) is 31.9 Å². The molecule has 1 N–H and O–H groups in total. The van der Waals surface area contributed by atoms with Gasteiger partial charge in [-0.3, -0.25) is 0 Å². The van der Waals surface area contributed by atoms with E-state index in [1.165, 1.54) is 12.0 Å². The summed E-state index contributed by atoms with van der Waals surface area (Å²) in [5.41, 5.74) is 1.41. The van der Waals surface area contributed by atoms with Crippen molar-refractivity contribution in [3.05, 3.63) is 11.6 Å². The molecule has 0 saturated heterocycles. The van der Waals surface area contributed by atoms with Gasteiger partial charge >= 0.3 is 0 Å². The minimum absolute atomic E-state index is 0.176. The van der Waals surface area contributed by atoms with Gasteiger partial charge in [-0.05, 0) is 32.6 Å². The molecular formula is C11H22O. The third-order valence-electron chi connectivity index (χ3n) is 2.23. The first-order valence-electron chi connectivity index (χ1n) is 4.92. The summed E-state index contributed by atoms with van der Waals surface area (Å²) in [5.74, 6) is 0.525. The van der Waals surface area contributed by atoms with Gasteiger partial charge in [-0.25, -0.2) is 0 Å². The van der Waals surface area contributed by atoms with Gasteiger partial charge in [0.15, 0.2) is 0 Å². The van der Waals surface area contributed by atoms with E-state index in [-0.39, 0.29) is 6.10 Å². The van der Waals surface area contributed by atoms with Crippen molar-refractivity contribution in [1.29, 1.82) is 0 Å². The number of rotatable bonds is 5. The van der Waals surface area contributed by atoms with E-state index in [0.717, 1.165) is 12.8 Å². The van der Waals surface area contributed by atoms with Crippen LogP contribution in [0.1, 0.15) is 47.0 Å². The SMILES string of the molecule is CCCC=C(C)C(C)CC(C)O. The van der Waals surface area contributed by atoms with Gasteiger partial charge < -0.3 is 5.11 Å². The fourth-order valence-corrected chi connectivity index (χ4v) is 1.27. The maximum absolute atomic E-state index is 9.17. The van der Waals surface area contributed by atoms with Crippen LogP contribution in [0, 0.1) is 5.92 Å². The molecule has 0 radical (unpaired) electrons. The van der Waals surface area contributed by atoms with Crippen molar-refractivity contribution < 1.29 is 5.11 Å². The Balaban J connectivity index is 3.82. The second-order valence-electron chi connectivity index (χ2n) is 3.72. The number of allylic oxidation sites excluding steroid dienone is 2. The van der Waals surface area contributed by atoms with Gasteiger partial charge in [0.1, 0.15) is 0 Å². The highest BCUT2D eigenvalue weighted by atomic mass is 16.3. The zero-order valence-electron chi connectivity index (χ0n) is 8.80. The van der Waals surface area contributed by atoms with Crippen LogP contribution < -0.4 is 0 Å². The molecule has 72 valence electrons. The van der Waals surface area contributed by atoms with Gasteiger partial charge in [0.2, 0.25) is 0 Å². The average molecular weight is 170 g/mol. The number of hydrogen-bond acceptors (Lipinski definition) is 1. The van der Waals surface area contributed by atoms with Gasteiger partial charge in [-0.15, -0.1) is 0 Å². The second-order valence-corrected chi connectivity index (χ2v) is 3.72. The van der Waals surface area contributed by atoms with Crippen molar-refractivity contribution in [2.24, 2.45) is 5.92 Å². The molecule has 0 aromatic rings. The van der Waals surface area contributed by atoms with E-state index in [9.17, 15) is 0 Å². The van der Waals surface area contributed by atoms with Gasteiger partial charge in [0.25, 0.3) is 0 Å². The van der Waals surface area contributed by atoms with Gasteiger partial charge in [0, 0.05) is 0 Å². The van der Waals surface area contributed by atoms with Crippen LogP contribution in [0.5, 0.6) is 0 Å². The fraction of sp³-hybridized carbons (Fsp3) is 0.818. The second kappa shape index (κ2) is 6.24. The normalized spacial score (nSPS) is 17.6. The van der Waals surface area contributed by atoms with Crippen LogP contribution in [0.2, 0.25) is 0 Å². The number of aliphatic hydroxyl groups is 1. The molecule has 0 aliphatic heterocycles. The molecule has 0 aliphatic carbocycles. The van der Waals surface area contributed by atoms with Gasteiger partial charge in [0.05, 0.1) is 6.10 Å². The molecule has 0 fully saturated rings. The van der Waals surface area contributed by atoms with E-state index in [1.807, 2.05) is 6.92 Å². The zero-order valence-corrected chi connectivity index (χ0v) is 8.80. The van der Waals surface area contributed by atoms with E-state index < -0.39 is 0 Å². The van der Waals surface area contributed by atoms with Crippen LogP contribution in [-0.2, 0) is 0 Å². The van der Waals surface area contributed by atoms with Crippen molar-refractivity contribution in [2.75, 3.05) is 0 Å². The predicted molar refractivity (Wildman–Crippen MR) is 54.1 cm³/mol. The lowest BCUT2D eigenvalue weighted by Crippen LogP contribution is -2.07. The molecule has 0 bridgehead atoms. The highest BCUT2D eigenvalue weighted by molar-refractivity contribution is 5.02. The summed E-state index contributed by atoms with van der Waals surface area (Å²) in [6.45, 7) is 8.36. The van der Waals surface area contributed by atoms with E-state index >= 15 is 0 Å². The fourth-order valence-electron chi connectivity index (χ4n) is 1.27. The van der Waals surface area contributed by atoms with Crippen LogP contribution in [0.15, 0.2) is 11.6 Å². The Morgan fingerprint density at radius 2 is 2.00 bits per heavy atom. The molecule has 0 aromatic carbocycles. The molecule has 0 aliphatic rings. The van der Waals surface area contributed by atoms with Crippen molar-refractivity contribution in [1.82, 2.24) is 0 Å². The van der Waals surface area contributed by atoms with E-state index in [1.54, 1.807) is 0 Å². The summed E-state index contributed by atoms with van der Waals surface area (Å²) >= 11 is 0. The first-order chi connectivity index (χ1) is 5.57. The molecule has 0 spiro atoms. The predicted octanol–water partition coefficient (Wildman–Crippen LogP) is 3.14. The Bertz CT molecular complexity index is 136. The summed E-state index contributed by atoms with van der Waals surface area (Å²) in [6.07, 6.45) is 5.36. The van der Waals surface area contributed by atoms with Crippen molar-refractivity contribution in [3.63, 3.8) is 0 Å². The molecular weight excluding hydrogens is 148 g/mol. The molecule has 1 nitrogen and oxygen atoms in total. The van der Waals surface area contributed by atoms with Crippen molar-refractivity contribution in [3.8, 4) is 0 Å². The molecule has 1 heteroatoms. The molecule has 0 saturated carbocycles. The van der Waals surface area contributed by atoms with Crippen LogP contribution in [-0.4, -0.2) is 11.2 Å². The van der Waals surface area contributed by atoms with Crippen molar-refractivity contribution in [2.45, 2.75) is 53.1 Å². The molecule has 0 amide bonds. The zero-order chi connectivity index (χ0) is 9.56. The third kappa shape index (κ3) is 5.36. The Hall–Kier alpha value is -0.300. The minimum atomic E-state index is -0.176. The summed E-state index contributed by atoms with van der Waals surface area (Å²) in [6, 6.07) is 0. The molecule has 0 heterocycles. The Morgan fingerprint density at radius 1 is 1.42 bits per heavy atom. The molecule has 2 unspecified atom stereocenters. The Kier molecular flexibility index (Phi) is 6.09. The Labute approximate surface area is 76.5 Å². The maximum Gasteiger partial charge on any atom is 0.0517 e. The first-order valence-corrected chi connectivity index (χ1v) is 4.92. The van der Waals surface area contributed by atoms with Crippen LogP contribution in [0.25, 0.3) is 0 Å². The largest absolute Gasteiger partial charge is 0.393 e. The number of aliphatic hydroxyl groups excluding tert-OH is 1. The molecule has 2 atom stereocenters. The summed E-state index contributed by atoms with van der Waals surface area (Å²) < 4.78 is 0. The highest BCUT2D eigenvalue weighted by Gasteiger charge is 2.06. The average Bonchev–Trinajstić information content (AvgIpc) is 1.98. The topological polar surface area (TPSA) is 20.2 Å². The maximum atomic E-state index is 9.17. The summed E-state index contributed by atoms with van der Waals surface area (Å²) in [7, 11) is 0. The lowest BCUT2D eigenvalue weighted by atomic mass is 9.95. The first kappa shape index (κ1) is 11.7. The quantitative estimate of drug-likeness (QED) is 0.628. The monoisotopic (exact) mass is 170 g/mol. The molecule has 12 heavy (non-hydrogen) atoms. The van der Waals surface area contributed by atoms with Crippen molar-refractivity contribution >= 4 is 0 Å². The van der Waals surface area contributed by atoms with E-state index in [4.69, 9.17) is 5.11 Å². The van der Waals surface area contributed by atoms with Gasteiger partial charge in [-0.2, -0.15) is 0 Å². The number of unbranched alkanes of at least 4 members (excludes halogenated alkanes) is 1. The third-order valence-corrected chi connectivity index (χ3v) is 2.23. The lowest BCUT2D eigenvalue weighted by molar-refractivity contribution is 0.170. The van der Waals surface area contributed by atoms with E-state index in [0.29, 0.717) is 5.92 Å². The lowest BCUT2D eigenvalue weighted by Gasteiger charge is -2.13. The van der Waals surface area contributed by atoms with Crippen LogP contribution in [0.3, 0.4) is 0 Å². The highest BCUT2D eigenvalue weighted by Crippen LogP contribution is 2.16.